The quantitative estimate of drug-likeness (QED) is 0.792. The molecule has 0 fully saturated rings. The Morgan fingerprint density at radius 2 is 2.24 bits per heavy atom. The van der Waals surface area contributed by atoms with Crippen molar-refractivity contribution in [3.8, 4) is 5.75 Å². The Balaban J connectivity index is 2.05. The van der Waals surface area contributed by atoms with E-state index in [4.69, 9.17) is 14.9 Å². The van der Waals surface area contributed by atoms with Crippen molar-refractivity contribution in [3.05, 3.63) is 36.0 Å². The molecule has 0 unspecified atom stereocenters. The number of nitrogens with two attached hydrogens (primary N) is 1. The normalized spacial score (nSPS) is 10.2. The first-order valence-electron chi connectivity index (χ1n) is 5.27. The smallest absolute Gasteiger partial charge is 0.213 e. The van der Waals surface area contributed by atoms with E-state index in [1.54, 1.807) is 19.4 Å². The summed E-state index contributed by atoms with van der Waals surface area (Å²) in [6.07, 6.45) is 1.69. The van der Waals surface area contributed by atoms with Gasteiger partial charge in [0.15, 0.2) is 0 Å². The van der Waals surface area contributed by atoms with Crippen molar-refractivity contribution in [1.82, 2.24) is 4.98 Å². The average Bonchev–Trinajstić information content (AvgIpc) is 2.72. The highest BCUT2D eigenvalue weighted by Crippen LogP contribution is 2.22. The van der Waals surface area contributed by atoms with E-state index >= 15 is 0 Å². The molecule has 1 aromatic carbocycles. The molecule has 1 aromatic heterocycles. The number of nitrogens with zero attached hydrogens (tertiary/aromatic N) is 1. The Labute approximate surface area is 99.6 Å². The molecule has 0 saturated carbocycles. The maximum Gasteiger partial charge on any atom is 0.213 e. The van der Waals surface area contributed by atoms with Gasteiger partial charge in [-0.2, -0.15) is 0 Å². The zero-order valence-electron chi connectivity index (χ0n) is 9.86. The first kappa shape index (κ1) is 11.3. The van der Waals surface area contributed by atoms with Crippen LogP contribution in [0.4, 0.5) is 11.4 Å². The summed E-state index contributed by atoms with van der Waals surface area (Å²) in [6, 6.07) is 5.46. The molecule has 5 heteroatoms. The fourth-order valence-electron chi connectivity index (χ4n) is 1.50. The maximum absolute atomic E-state index is 5.75. The fourth-order valence-corrected chi connectivity index (χ4v) is 1.50. The van der Waals surface area contributed by atoms with Crippen LogP contribution >= 0.6 is 0 Å². The number of aromatic nitrogens is 1. The number of hydrogen-bond acceptors (Lipinski definition) is 5. The third-order valence-corrected chi connectivity index (χ3v) is 2.28. The molecule has 0 amide bonds. The van der Waals surface area contributed by atoms with E-state index in [-0.39, 0.29) is 0 Å². The molecule has 5 nitrogen and oxygen atoms in total. The molecule has 0 saturated heterocycles. The number of benzene rings is 1. The highest BCUT2D eigenvalue weighted by atomic mass is 16.5. The largest absolute Gasteiger partial charge is 0.497 e. The minimum absolute atomic E-state index is 0.514. The second kappa shape index (κ2) is 4.78. The Hall–Kier alpha value is -2.17. The molecule has 1 heterocycles. The van der Waals surface area contributed by atoms with Crippen LogP contribution in [0.3, 0.4) is 0 Å². The Bertz CT molecular complexity index is 508. The summed E-state index contributed by atoms with van der Waals surface area (Å²) in [4.78, 5) is 4.10. The van der Waals surface area contributed by atoms with Crippen molar-refractivity contribution >= 4 is 11.4 Å². The number of anilines is 2. The van der Waals surface area contributed by atoms with Gasteiger partial charge in [-0.25, -0.2) is 4.98 Å². The molecular weight excluding hydrogens is 218 g/mol. The van der Waals surface area contributed by atoms with Gasteiger partial charge in [-0.15, -0.1) is 0 Å². The third kappa shape index (κ3) is 2.90. The number of ether oxygens (including phenoxy) is 1. The summed E-state index contributed by atoms with van der Waals surface area (Å²) < 4.78 is 10.5. The number of rotatable bonds is 4. The van der Waals surface area contributed by atoms with E-state index in [0.29, 0.717) is 18.1 Å². The Kier molecular flexibility index (Phi) is 3.18. The van der Waals surface area contributed by atoms with E-state index < -0.39 is 0 Å². The van der Waals surface area contributed by atoms with Gasteiger partial charge < -0.3 is 20.2 Å². The lowest BCUT2D eigenvalue weighted by Crippen LogP contribution is -2.00. The van der Waals surface area contributed by atoms with Crippen LogP contribution in [-0.4, -0.2) is 12.1 Å². The van der Waals surface area contributed by atoms with Crippen molar-refractivity contribution in [2.45, 2.75) is 13.5 Å². The van der Waals surface area contributed by atoms with Gasteiger partial charge in [0.2, 0.25) is 5.89 Å². The Morgan fingerprint density at radius 1 is 1.41 bits per heavy atom. The van der Waals surface area contributed by atoms with Crippen LogP contribution in [0.5, 0.6) is 5.75 Å². The minimum Gasteiger partial charge on any atom is -0.497 e. The molecule has 0 aliphatic rings. The Morgan fingerprint density at radius 3 is 2.88 bits per heavy atom. The van der Waals surface area contributed by atoms with Crippen LogP contribution in [-0.2, 0) is 6.54 Å². The summed E-state index contributed by atoms with van der Waals surface area (Å²) >= 11 is 0. The average molecular weight is 233 g/mol. The first-order chi connectivity index (χ1) is 8.17. The summed E-state index contributed by atoms with van der Waals surface area (Å²) in [6.45, 7) is 2.38. The second-order valence-electron chi connectivity index (χ2n) is 3.71. The van der Waals surface area contributed by atoms with Gasteiger partial charge in [-0.3, -0.25) is 0 Å². The lowest BCUT2D eigenvalue weighted by molar-refractivity contribution is 0.415. The number of methoxy groups -OCH3 is 1. The molecule has 2 rings (SSSR count). The molecule has 17 heavy (non-hydrogen) atoms. The van der Waals surface area contributed by atoms with E-state index in [9.17, 15) is 0 Å². The van der Waals surface area contributed by atoms with Crippen LogP contribution in [0.25, 0.3) is 0 Å². The zero-order chi connectivity index (χ0) is 12.3. The summed E-state index contributed by atoms with van der Waals surface area (Å²) in [5, 5.41) is 3.17. The lowest BCUT2D eigenvalue weighted by Gasteiger charge is -2.07. The van der Waals surface area contributed by atoms with Crippen LogP contribution < -0.4 is 15.8 Å². The van der Waals surface area contributed by atoms with E-state index in [1.807, 2.05) is 19.1 Å². The van der Waals surface area contributed by atoms with Crippen molar-refractivity contribution in [3.63, 3.8) is 0 Å². The van der Waals surface area contributed by atoms with Gasteiger partial charge in [0, 0.05) is 23.5 Å². The molecule has 3 N–H and O–H groups in total. The number of oxazole rings is 1. The summed E-state index contributed by atoms with van der Waals surface area (Å²) in [5.41, 5.74) is 7.27. The predicted molar refractivity (Wildman–Crippen MR) is 66.0 cm³/mol. The molecule has 0 bridgehead atoms. The molecule has 0 aliphatic heterocycles. The van der Waals surface area contributed by atoms with Gasteiger partial charge >= 0.3 is 0 Å². The minimum atomic E-state index is 0.514. The SMILES string of the molecule is COc1cc(N)cc(NCc2ncc(C)o2)c1. The topological polar surface area (TPSA) is 73.3 Å². The van der Waals surface area contributed by atoms with Crippen molar-refractivity contribution in [2.24, 2.45) is 0 Å². The van der Waals surface area contributed by atoms with Crippen LogP contribution in [0.1, 0.15) is 11.7 Å². The van der Waals surface area contributed by atoms with Crippen LogP contribution in [0.15, 0.2) is 28.8 Å². The van der Waals surface area contributed by atoms with Crippen molar-refractivity contribution in [2.75, 3.05) is 18.2 Å². The lowest BCUT2D eigenvalue weighted by atomic mass is 10.2. The highest BCUT2D eigenvalue weighted by Gasteiger charge is 2.02. The van der Waals surface area contributed by atoms with Crippen LogP contribution in [0, 0.1) is 6.92 Å². The van der Waals surface area contributed by atoms with Crippen LogP contribution in [0.2, 0.25) is 0 Å². The monoisotopic (exact) mass is 233 g/mol. The molecule has 2 aromatic rings. The van der Waals surface area contributed by atoms with Gasteiger partial charge in [0.05, 0.1) is 19.9 Å². The standard InChI is InChI=1S/C12H15N3O2/c1-8-6-15-12(17-8)7-14-10-3-9(13)4-11(5-10)16-2/h3-6,14H,7,13H2,1-2H3. The van der Waals surface area contributed by atoms with Gasteiger partial charge in [0.1, 0.15) is 11.5 Å². The molecule has 0 spiro atoms. The van der Waals surface area contributed by atoms with Crippen molar-refractivity contribution < 1.29 is 9.15 Å². The third-order valence-electron chi connectivity index (χ3n) is 2.28. The molecule has 90 valence electrons. The van der Waals surface area contributed by atoms with Crippen molar-refractivity contribution in [1.29, 1.82) is 0 Å². The molecule has 0 aliphatic carbocycles. The predicted octanol–water partition coefficient (Wildman–Crippen LogP) is 2.19. The number of hydrogen-bond donors (Lipinski definition) is 2. The zero-order valence-corrected chi connectivity index (χ0v) is 9.86. The van der Waals surface area contributed by atoms with Gasteiger partial charge in [-0.05, 0) is 13.0 Å². The first-order valence-corrected chi connectivity index (χ1v) is 5.27. The number of nitrogen functional groups attached to an aromatic ring is 1. The van der Waals surface area contributed by atoms with E-state index in [2.05, 4.69) is 10.3 Å². The number of aryl methyl sites for hydroxylation is 1. The molecular formula is C12H15N3O2. The molecule has 0 atom stereocenters. The summed E-state index contributed by atoms with van der Waals surface area (Å²) in [5.74, 6) is 2.16. The summed E-state index contributed by atoms with van der Waals surface area (Å²) in [7, 11) is 1.61. The second-order valence-corrected chi connectivity index (χ2v) is 3.71. The van der Waals surface area contributed by atoms with Gasteiger partial charge in [-0.1, -0.05) is 0 Å². The van der Waals surface area contributed by atoms with E-state index in [0.717, 1.165) is 17.2 Å². The van der Waals surface area contributed by atoms with Gasteiger partial charge in [0.25, 0.3) is 0 Å². The van der Waals surface area contributed by atoms with E-state index in [1.165, 1.54) is 0 Å². The maximum atomic E-state index is 5.75. The number of nitrogens with one attached hydrogen (secondary N) is 1. The fraction of sp³-hybridized carbons (Fsp3) is 0.250. The molecule has 0 radical (unpaired) electrons. The highest BCUT2D eigenvalue weighted by molar-refractivity contribution is 5.59.